The largest absolute Gasteiger partial charge is 0.252 e. The Kier molecular flexibility index (Phi) is 4.85. The molecule has 1 atom stereocenters. The van der Waals surface area contributed by atoms with Gasteiger partial charge in [-0.15, -0.1) is 11.8 Å². The molecule has 1 nitrogen and oxygen atoms in total. The quantitative estimate of drug-likeness (QED) is 0.450. The number of nitrogens with zero attached hydrogens (tertiary/aromatic N) is 1. The smallest absolute Gasteiger partial charge is 0.0769 e. The van der Waals surface area contributed by atoms with E-state index < -0.39 is 0 Å². The lowest BCUT2D eigenvalue weighted by Gasteiger charge is -2.17. The molecule has 1 aliphatic rings. The van der Waals surface area contributed by atoms with Crippen LogP contribution in [-0.4, -0.2) is 5.71 Å². The average Bonchev–Trinajstić information content (AvgIpc) is 2.82. The molecule has 3 aromatic rings. The zero-order valence-corrected chi connectivity index (χ0v) is 15.7. The molecule has 1 aliphatic heterocycles. The summed E-state index contributed by atoms with van der Waals surface area (Å²) in [5, 5.41) is 1.55. The molecule has 124 valence electrons. The highest BCUT2D eigenvalue weighted by atomic mass is 35.5. The van der Waals surface area contributed by atoms with Crippen LogP contribution in [0.25, 0.3) is 0 Å². The molecular weight excluding hydrogens is 369 g/mol. The van der Waals surface area contributed by atoms with Crippen LogP contribution in [0, 0.1) is 0 Å². The number of thioether (sulfide) groups is 1. The Morgan fingerprint density at radius 2 is 1.64 bits per heavy atom. The molecule has 0 amide bonds. The lowest BCUT2D eigenvalue weighted by Crippen LogP contribution is -2.05. The second-order valence-corrected chi connectivity index (χ2v) is 7.96. The van der Waals surface area contributed by atoms with Gasteiger partial charge in [-0.2, -0.15) is 0 Å². The van der Waals surface area contributed by atoms with Gasteiger partial charge in [-0.3, -0.25) is 4.99 Å². The van der Waals surface area contributed by atoms with Crippen molar-refractivity contribution in [1.82, 2.24) is 0 Å². The van der Waals surface area contributed by atoms with E-state index in [9.17, 15) is 0 Å². The first-order valence-electron chi connectivity index (χ1n) is 8.04. The molecule has 0 N–H and O–H groups in total. The zero-order chi connectivity index (χ0) is 17.2. The summed E-state index contributed by atoms with van der Waals surface area (Å²) in [6.45, 7) is 0. The van der Waals surface area contributed by atoms with Crippen LogP contribution < -0.4 is 0 Å². The van der Waals surface area contributed by atoms with Crippen molar-refractivity contribution in [2.24, 2.45) is 4.99 Å². The maximum absolute atomic E-state index is 6.50. The summed E-state index contributed by atoms with van der Waals surface area (Å²) in [7, 11) is 0. The van der Waals surface area contributed by atoms with Gasteiger partial charge in [-0.1, -0.05) is 71.7 Å². The molecular formula is C21H15Cl2NS. The van der Waals surface area contributed by atoms with Crippen molar-refractivity contribution in [3.8, 4) is 0 Å². The van der Waals surface area contributed by atoms with Gasteiger partial charge in [0.15, 0.2) is 0 Å². The monoisotopic (exact) mass is 383 g/mol. The molecule has 0 unspecified atom stereocenters. The molecule has 0 saturated heterocycles. The maximum atomic E-state index is 6.50. The highest BCUT2D eigenvalue weighted by Crippen LogP contribution is 2.47. The van der Waals surface area contributed by atoms with Gasteiger partial charge in [0.1, 0.15) is 0 Å². The summed E-state index contributed by atoms with van der Waals surface area (Å²) < 4.78 is 0. The van der Waals surface area contributed by atoms with Gasteiger partial charge in [-0.25, -0.2) is 0 Å². The van der Waals surface area contributed by atoms with Gasteiger partial charge in [0.25, 0.3) is 0 Å². The highest BCUT2D eigenvalue weighted by molar-refractivity contribution is 7.99. The Balaban J connectivity index is 1.82. The van der Waals surface area contributed by atoms with Gasteiger partial charge >= 0.3 is 0 Å². The fraction of sp³-hybridized carbons (Fsp3) is 0.0952. The third-order valence-electron chi connectivity index (χ3n) is 4.19. The van der Waals surface area contributed by atoms with Crippen LogP contribution in [0.2, 0.25) is 10.0 Å². The number of fused-ring (bicyclic) bond motifs is 1. The molecule has 0 bridgehead atoms. The van der Waals surface area contributed by atoms with E-state index >= 15 is 0 Å². The summed E-state index contributed by atoms with van der Waals surface area (Å²) in [5.41, 5.74) is 4.33. The van der Waals surface area contributed by atoms with Crippen LogP contribution in [0.15, 0.2) is 82.7 Å². The number of hydrogen-bond acceptors (Lipinski definition) is 2. The van der Waals surface area contributed by atoms with E-state index in [1.807, 2.05) is 54.2 Å². The molecule has 0 radical (unpaired) electrons. The minimum absolute atomic E-state index is 0.187. The Labute approximate surface area is 161 Å². The Bertz CT molecular complexity index is 938. The van der Waals surface area contributed by atoms with Gasteiger partial charge in [-0.05, 0) is 35.4 Å². The van der Waals surface area contributed by atoms with Crippen molar-refractivity contribution < 1.29 is 0 Å². The van der Waals surface area contributed by atoms with Crippen molar-refractivity contribution in [2.45, 2.75) is 16.6 Å². The Hall–Kier alpha value is -1.74. The fourth-order valence-electron chi connectivity index (χ4n) is 2.96. The van der Waals surface area contributed by atoms with E-state index in [-0.39, 0.29) is 5.25 Å². The van der Waals surface area contributed by atoms with Crippen LogP contribution in [-0.2, 0) is 0 Å². The molecule has 0 fully saturated rings. The Morgan fingerprint density at radius 3 is 2.44 bits per heavy atom. The molecule has 1 heterocycles. The van der Waals surface area contributed by atoms with Crippen LogP contribution in [0.1, 0.15) is 22.8 Å². The molecule has 0 spiro atoms. The predicted molar refractivity (Wildman–Crippen MR) is 109 cm³/mol. The second kappa shape index (κ2) is 7.25. The summed E-state index contributed by atoms with van der Waals surface area (Å²) >= 11 is 14.4. The third-order valence-corrected chi connectivity index (χ3v) is 6.05. The standard InChI is InChI=1S/C21H15Cl2NS/c22-15-10-11-16(17(23)12-15)21-13-19(14-6-2-1-3-7-14)24-18-8-4-5-9-20(18)25-21/h1-12,21H,13H2/t21-/m1/s1. The molecule has 0 aromatic heterocycles. The number of aliphatic imine (C=N–C) groups is 1. The molecule has 4 heteroatoms. The number of hydrogen-bond donors (Lipinski definition) is 0. The Morgan fingerprint density at radius 1 is 0.880 bits per heavy atom. The van der Waals surface area contributed by atoms with Crippen LogP contribution in [0.3, 0.4) is 0 Å². The molecule has 25 heavy (non-hydrogen) atoms. The number of rotatable bonds is 2. The van der Waals surface area contributed by atoms with Crippen molar-refractivity contribution >= 4 is 46.4 Å². The minimum atomic E-state index is 0.187. The summed E-state index contributed by atoms with van der Waals surface area (Å²) in [4.78, 5) is 6.13. The van der Waals surface area contributed by atoms with Crippen molar-refractivity contribution in [3.05, 3.63) is 94.0 Å². The number of benzene rings is 3. The molecule has 3 aromatic carbocycles. The summed E-state index contributed by atoms with van der Waals surface area (Å²) in [6, 6.07) is 24.3. The van der Waals surface area contributed by atoms with Crippen LogP contribution in [0.4, 0.5) is 5.69 Å². The van der Waals surface area contributed by atoms with Gasteiger partial charge in [0, 0.05) is 32.3 Å². The topological polar surface area (TPSA) is 12.4 Å². The first kappa shape index (κ1) is 16.7. The third kappa shape index (κ3) is 3.62. The van der Waals surface area contributed by atoms with Gasteiger partial charge in [0.05, 0.1) is 5.69 Å². The number of para-hydroxylation sites is 1. The fourth-order valence-corrected chi connectivity index (χ4v) is 4.84. The average molecular weight is 384 g/mol. The van der Waals surface area contributed by atoms with Gasteiger partial charge < -0.3 is 0 Å². The van der Waals surface area contributed by atoms with Crippen LogP contribution >= 0.6 is 35.0 Å². The van der Waals surface area contributed by atoms with E-state index in [1.165, 1.54) is 4.90 Å². The maximum Gasteiger partial charge on any atom is 0.0769 e. The van der Waals surface area contributed by atoms with Crippen molar-refractivity contribution in [3.63, 3.8) is 0 Å². The highest BCUT2D eigenvalue weighted by Gasteiger charge is 2.24. The van der Waals surface area contributed by atoms with Crippen molar-refractivity contribution in [1.29, 1.82) is 0 Å². The second-order valence-electron chi connectivity index (χ2n) is 5.87. The normalized spacial score (nSPS) is 16.7. The minimum Gasteiger partial charge on any atom is -0.252 e. The molecule has 0 saturated carbocycles. The van der Waals surface area contributed by atoms with Crippen LogP contribution in [0.5, 0.6) is 0 Å². The SMILES string of the molecule is Clc1ccc([C@H]2CC(c3ccccc3)=Nc3ccccc3S2)c(Cl)c1. The summed E-state index contributed by atoms with van der Waals surface area (Å²) in [6.07, 6.45) is 0.810. The van der Waals surface area contributed by atoms with E-state index in [2.05, 4.69) is 30.3 Å². The van der Waals surface area contributed by atoms with E-state index in [0.717, 1.165) is 28.9 Å². The first-order chi connectivity index (χ1) is 12.2. The number of halogens is 2. The summed E-state index contributed by atoms with van der Waals surface area (Å²) in [5.74, 6) is 0. The predicted octanol–water partition coefficient (Wildman–Crippen LogP) is 7.35. The van der Waals surface area contributed by atoms with Gasteiger partial charge in [0.2, 0.25) is 0 Å². The molecule has 0 aliphatic carbocycles. The van der Waals surface area contributed by atoms with Crippen molar-refractivity contribution in [2.75, 3.05) is 0 Å². The zero-order valence-electron chi connectivity index (χ0n) is 13.3. The van der Waals surface area contributed by atoms with E-state index in [0.29, 0.717) is 10.0 Å². The lowest BCUT2D eigenvalue weighted by molar-refractivity contribution is 1.01. The van der Waals surface area contributed by atoms with E-state index in [4.69, 9.17) is 28.2 Å². The van der Waals surface area contributed by atoms with E-state index in [1.54, 1.807) is 0 Å². The first-order valence-corrected chi connectivity index (χ1v) is 9.68. The lowest BCUT2D eigenvalue weighted by atomic mass is 10.0. The molecule has 4 rings (SSSR count).